The molecule has 0 aliphatic carbocycles. The second-order valence-electron chi connectivity index (χ2n) is 3.91. The van der Waals surface area contributed by atoms with Gasteiger partial charge in [-0.05, 0) is 27.2 Å². The Balaban J connectivity index is 2.62. The second-order valence-corrected chi connectivity index (χ2v) is 3.91. The number of nitrogens with one attached hydrogen (secondary N) is 1. The van der Waals surface area contributed by atoms with Crippen molar-refractivity contribution >= 4 is 6.03 Å². The van der Waals surface area contributed by atoms with Crippen LogP contribution >= 0.6 is 0 Å². The Kier molecular flexibility index (Phi) is 2.07. The molecule has 1 saturated heterocycles. The molecule has 1 fully saturated rings. The van der Waals surface area contributed by atoms with Gasteiger partial charge in [-0.1, -0.05) is 0 Å². The summed E-state index contributed by atoms with van der Waals surface area (Å²) in [5, 5.41) is 2.83. The SMILES string of the molecule is CC(C)(C)N1CCCNC1=O. The summed E-state index contributed by atoms with van der Waals surface area (Å²) in [6, 6.07) is 0.0729. The number of carbonyl (C=O) groups is 1. The van der Waals surface area contributed by atoms with Crippen molar-refractivity contribution in [3.05, 3.63) is 0 Å². The minimum atomic E-state index is -0.0372. The number of hydrogen-bond acceptors (Lipinski definition) is 1. The molecule has 3 heteroatoms. The van der Waals surface area contributed by atoms with Gasteiger partial charge in [0, 0.05) is 18.6 Å². The number of nitrogens with zero attached hydrogens (tertiary/aromatic N) is 1. The van der Waals surface area contributed by atoms with Crippen molar-refractivity contribution in [2.45, 2.75) is 32.7 Å². The van der Waals surface area contributed by atoms with Gasteiger partial charge in [-0.3, -0.25) is 0 Å². The third-order valence-electron chi connectivity index (χ3n) is 1.89. The summed E-state index contributed by atoms with van der Waals surface area (Å²) in [5.74, 6) is 0. The van der Waals surface area contributed by atoms with E-state index in [0.717, 1.165) is 19.5 Å². The van der Waals surface area contributed by atoms with Crippen molar-refractivity contribution in [3.63, 3.8) is 0 Å². The van der Waals surface area contributed by atoms with Crippen LogP contribution < -0.4 is 5.32 Å². The van der Waals surface area contributed by atoms with E-state index in [1.165, 1.54) is 0 Å². The Morgan fingerprint density at radius 3 is 2.45 bits per heavy atom. The van der Waals surface area contributed by atoms with E-state index in [2.05, 4.69) is 26.1 Å². The predicted octanol–water partition coefficient (Wildman–Crippen LogP) is 1.20. The fourth-order valence-electron chi connectivity index (χ4n) is 1.27. The highest BCUT2D eigenvalue weighted by molar-refractivity contribution is 5.75. The highest BCUT2D eigenvalue weighted by Crippen LogP contribution is 2.15. The molecule has 0 atom stereocenters. The highest BCUT2D eigenvalue weighted by atomic mass is 16.2. The summed E-state index contributed by atoms with van der Waals surface area (Å²) < 4.78 is 0. The molecule has 0 unspecified atom stereocenters. The van der Waals surface area contributed by atoms with Gasteiger partial charge < -0.3 is 10.2 Å². The van der Waals surface area contributed by atoms with Crippen molar-refractivity contribution in [1.82, 2.24) is 10.2 Å². The smallest absolute Gasteiger partial charge is 0.317 e. The zero-order valence-corrected chi connectivity index (χ0v) is 7.48. The molecule has 0 saturated carbocycles. The molecule has 3 nitrogen and oxygen atoms in total. The maximum Gasteiger partial charge on any atom is 0.317 e. The lowest BCUT2D eigenvalue weighted by Gasteiger charge is -2.38. The van der Waals surface area contributed by atoms with Gasteiger partial charge in [-0.15, -0.1) is 0 Å². The summed E-state index contributed by atoms with van der Waals surface area (Å²) in [6.07, 6.45) is 1.06. The van der Waals surface area contributed by atoms with Crippen LogP contribution in [-0.4, -0.2) is 29.6 Å². The monoisotopic (exact) mass is 156 g/mol. The van der Waals surface area contributed by atoms with Crippen LogP contribution in [0.4, 0.5) is 4.79 Å². The van der Waals surface area contributed by atoms with Crippen molar-refractivity contribution in [2.24, 2.45) is 0 Å². The number of carbonyl (C=O) groups excluding carboxylic acids is 1. The third kappa shape index (κ3) is 1.85. The number of hydrogen-bond donors (Lipinski definition) is 1. The Labute approximate surface area is 67.8 Å². The summed E-state index contributed by atoms with van der Waals surface area (Å²) in [7, 11) is 0. The van der Waals surface area contributed by atoms with Gasteiger partial charge in [-0.25, -0.2) is 4.79 Å². The van der Waals surface area contributed by atoms with Crippen LogP contribution in [0, 0.1) is 0 Å². The lowest BCUT2D eigenvalue weighted by Crippen LogP contribution is -2.54. The van der Waals surface area contributed by atoms with Crippen LogP contribution in [0.25, 0.3) is 0 Å². The van der Waals surface area contributed by atoms with E-state index in [-0.39, 0.29) is 11.6 Å². The fraction of sp³-hybridized carbons (Fsp3) is 0.875. The average Bonchev–Trinajstić information content (AvgIpc) is 1.86. The van der Waals surface area contributed by atoms with E-state index in [4.69, 9.17) is 0 Å². The van der Waals surface area contributed by atoms with Crippen LogP contribution in [0.15, 0.2) is 0 Å². The predicted molar refractivity (Wildman–Crippen MR) is 44.5 cm³/mol. The fourth-order valence-corrected chi connectivity index (χ4v) is 1.27. The lowest BCUT2D eigenvalue weighted by atomic mass is 10.1. The highest BCUT2D eigenvalue weighted by Gasteiger charge is 2.27. The van der Waals surface area contributed by atoms with Gasteiger partial charge in [0.1, 0.15) is 0 Å². The molecule has 0 aromatic heterocycles. The largest absolute Gasteiger partial charge is 0.338 e. The summed E-state index contributed by atoms with van der Waals surface area (Å²) in [6.45, 7) is 7.87. The minimum absolute atomic E-state index is 0.0372. The molecule has 0 aromatic carbocycles. The van der Waals surface area contributed by atoms with Crippen LogP contribution in [0.1, 0.15) is 27.2 Å². The molecule has 0 spiro atoms. The molecule has 64 valence electrons. The standard InChI is InChI=1S/C8H16N2O/c1-8(2,3)10-6-4-5-9-7(10)11/h4-6H2,1-3H3,(H,9,11). The second kappa shape index (κ2) is 2.72. The van der Waals surface area contributed by atoms with E-state index in [0.29, 0.717) is 0 Å². The first-order valence-corrected chi connectivity index (χ1v) is 4.07. The quantitative estimate of drug-likeness (QED) is 0.561. The van der Waals surface area contributed by atoms with Crippen LogP contribution in [0.3, 0.4) is 0 Å². The summed E-state index contributed by atoms with van der Waals surface area (Å²) in [5.41, 5.74) is -0.0372. The molecule has 0 aromatic rings. The molecule has 2 amide bonds. The third-order valence-corrected chi connectivity index (χ3v) is 1.89. The normalized spacial score (nSPS) is 19.9. The summed E-state index contributed by atoms with van der Waals surface area (Å²) in [4.78, 5) is 13.1. The maximum absolute atomic E-state index is 11.3. The number of rotatable bonds is 0. The van der Waals surface area contributed by atoms with Gasteiger partial charge in [0.15, 0.2) is 0 Å². The van der Waals surface area contributed by atoms with Crippen molar-refractivity contribution in [3.8, 4) is 0 Å². The van der Waals surface area contributed by atoms with Gasteiger partial charge in [0.25, 0.3) is 0 Å². The van der Waals surface area contributed by atoms with E-state index in [1.54, 1.807) is 0 Å². The molecular formula is C8H16N2O. The van der Waals surface area contributed by atoms with Crippen LogP contribution in [0.2, 0.25) is 0 Å². The van der Waals surface area contributed by atoms with E-state index in [1.807, 2.05) is 4.90 Å². The number of urea groups is 1. The minimum Gasteiger partial charge on any atom is -0.338 e. The molecule has 0 radical (unpaired) electrons. The van der Waals surface area contributed by atoms with Crippen LogP contribution in [-0.2, 0) is 0 Å². The Morgan fingerprint density at radius 2 is 2.09 bits per heavy atom. The van der Waals surface area contributed by atoms with E-state index < -0.39 is 0 Å². The Hall–Kier alpha value is -0.730. The van der Waals surface area contributed by atoms with Crippen molar-refractivity contribution in [1.29, 1.82) is 0 Å². The van der Waals surface area contributed by atoms with Gasteiger partial charge in [0.2, 0.25) is 0 Å². The Bertz CT molecular complexity index is 160. The maximum atomic E-state index is 11.3. The molecule has 1 rings (SSSR count). The Morgan fingerprint density at radius 1 is 1.45 bits per heavy atom. The molecule has 11 heavy (non-hydrogen) atoms. The van der Waals surface area contributed by atoms with Gasteiger partial charge >= 0.3 is 6.03 Å². The topological polar surface area (TPSA) is 32.3 Å². The zero-order valence-electron chi connectivity index (χ0n) is 7.48. The molecular weight excluding hydrogens is 140 g/mol. The number of amides is 2. The van der Waals surface area contributed by atoms with Gasteiger partial charge in [0.05, 0.1) is 0 Å². The molecule has 1 heterocycles. The van der Waals surface area contributed by atoms with E-state index in [9.17, 15) is 4.79 Å². The van der Waals surface area contributed by atoms with Gasteiger partial charge in [-0.2, -0.15) is 0 Å². The van der Waals surface area contributed by atoms with Crippen molar-refractivity contribution < 1.29 is 4.79 Å². The lowest BCUT2D eigenvalue weighted by molar-refractivity contribution is 0.132. The first-order chi connectivity index (χ1) is 5.02. The van der Waals surface area contributed by atoms with E-state index >= 15 is 0 Å². The average molecular weight is 156 g/mol. The zero-order chi connectivity index (χ0) is 8.48. The first-order valence-electron chi connectivity index (χ1n) is 4.07. The molecule has 1 aliphatic heterocycles. The summed E-state index contributed by atoms with van der Waals surface area (Å²) >= 11 is 0. The van der Waals surface area contributed by atoms with Crippen molar-refractivity contribution in [2.75, 3.05) is 13.1 Å². The first kappa shape index (κ1) is 8.37. The molecule has 1 N–H and O–H groups in total. The molecule has 0 bridgehead atoms. The molecule has 1 aliphatic rings. The van der Waals surface area contributed by atoms with Crippen LogP contribution in [0.5, 0.6) is 0 Å².